The number of allylic oxidation sites excluding steroid dienone is 1. The Morgan fingerprint density at radius 1 is 1.25 bits per heavy atom. The normalized spacial score (nSPS) is 18.0. The first kappa shape index (κ1) is 17.9. The Hall–Kier alpha value is -2.41. The van der Waals surface area contributed by atoms with Gasteiger partial charge < -0.3 is 9.64 Å². The third-order valence-electron chi connectivity index (χ3n) is 3.29. The van der Waals surface area contributed by atoms with Crippen molar-refractivity contribution in [2.24, 2.45) is 0 Å². The molecular formula is C17H19NO5S. The fraction of sp³-hybridized carbons (Fsp3) is 0.294. The van der Waals surface area contributed by atoms with Crippen LogP contribution in [0.1, 0.15) is 13.8 Å². The maximum absolute atomic E-state index is 12.5. The number of carbonyl (C=O) groups is 2. The van der Waals surface area contributed by atoms with Crippen LogP contribution in [0.25, 0.3) is 0 Å². The summed E-state index contributed by atoms with van der Waals surface area (Å²) in [5.41, 5.74) is 1.31. The lowest BCUT2D eigenvalue weighted by Gasteiger charge is -2.27. The van der Waals surface area contributed by atoms with Gasteiger partial charge in [-0.1, -0.05) is 23.8 Å². The molecule has 1 aromatic rings. The average molecular weight is 349 g/mol. The van der Waals surface area contributed by atoms with E-state index in [0.29, 0.717) is 5.69 Å². The Kier molecular flexibility index (Phi) is 5.56. The molecule has 24 heavy (non-hydrogen) atoms. The first-order valence-electron chi connectivity index (χ1n) is 7.38. The highest BCUT2D eigenvalue weighted by molar-refractivity contribution is 7.94. The van der Waals surface area contributed by atoms with E-state index < -0.39 is 34.4 Å². The van der Waals surface area contributed by atoms with Crippen LogP contribution in [0.5, 0.6) is 0 Å². The van der Waals surface area contributed by atoms with E-state index in [1.54, 1.807) is 44.2 Å². The molecule has 6 nitrogen and oxygen atoms in total. The van der Waals surface area contributed by atoms with E-state index in [0.717, 1.165) is 11.0 Å². The minimum absolute atomic E-state index is 0.185. The Morgan fingerprint density at radius 3 is 2.46 bits per heavy atom. The highest BCUT2D eigenvalue weighted by atomic mass is 32.2. The summed E-state index contributed by atoms with van der Waals surface area (Å²) >= 11 is 0. The van der Waals surface area contributed by atoms with Crippen molar-refractivity contribution in [2.45, 2.75) is 19.9 Å². The van der Waals surface area contributed by atoms with Crippen molar-refractivity contribution in [3.05, 3.63) is 53.5 Å². The molecule has 1 aromatic carbocycles. The smallest absolute Gasteiger partial charge is 0.331 e. The zero-order valence-electron chi connectivity index (χ0n) is 13.5. The molecule has 7 heteroatoms. The number of benzene rings is 1. The molecule has 1 atom stereocenters. The van der Waals surface area contributed by atoms with Gasteiger partial charge in [0, 0.05) is 17.2 Å². The average Bonchev–Trinajstić information content (AvgIpc) is 2.85. The predicted molar refractivity (Wildman–Crippen MR) is 91.0 cm³/mol. The Morgan fingerprint density at radius 2 is 1.92 bits per heavy atom. The van der Waals surface area contributed by atoms with E-state index in [-0.39, 0.29) is 5.75 Å². The van der Waals surface area contributed by atoms with Gasteiger partial charge in [0.1, 0.15) is 0 Å². The molecule has 0 saturated carbocycles. The molecule has 0 aliphatic carbocycles. The van der Waals surface area contributed by atoms with E-state index in [2.05, 4.69) is 0 Å². The van der Waals surface area contributed by atoms with Gasteiger partial charge >= 0.3 is 5.97 Å². The van der Waals surface area contributed by atoms with Gasteiger partial charge in [-0.3, -0.25) is 4.79 Å². The van der Waals surface area contributed by atoms with Crippen LogP contribution < -0.4 is 4.90 Å². The van der Waals surface area contributed by atoms with E-state index in [1.807, 2.05) is 0 Å². The molecule has 1 amide bonds. The summed E-state index contributed by atoms with van der Waals surface area (Å²) in [6.07, 6.45) is 2.76. The van der Waals surface area contributed by atoms with Gasteiger partial charge in [0.25, 0.3) is 5.91 Å². The van der Waals surface area contributed by atoms with Crippen LogP contribution in [-0.2, 0) is 24.2 Å². The molecule has 0 saturated heterocycles. The summed E-state index contributed by atoms with van der Waals surface area (Å²) in [4.78, 5) is 25.4. The third-order valence-corrected chi connectivity index (χ3v) is 4.67. The van der Waals surface area contributed by atoms with Crippen LogP contribution in [0, 0.1) is 0 Å². The van der Waals surface area contributed by atoms with Crippen molar-refractivity contribution in [2.75, 3.05) is 17.3 Å². The fourth-order valence-electron chi connectivity index (χ4n) is 2.31. The number of anilines is 1. The summed E-state index contributed by atoms with van der Waals surface area (Å²) in [5.74, 6) is -1.27. The largest absolute Gasteiger partial charge is 0.452 e. The lowest BCUT2D eigenvalue weighted by molar-refractivity contribution is -0.143. The quantitative estimate of drug-likeness (QED) is 0.598. The number of rotatable bonds is 5. The summed E-state index contributed by atoms with van der Waals surface area (Å²) < 4.78 is 28.3. The number of ether oxygens (including phenoxy) is 1. The maximum atomic E-state index is 12.5. The van der Waals surface area contributed by atoms with Crippen LogP contribution >= 0.6 is 0 Å². The Labute approximate surface area is 141 Å². The second-order valence-corrected chi connectivity index (χ2v) is 7.59. The number of para-hydroxylation sites is 1. The molecule has 2 rings (SSSR count). The second-order valence-electron chi connectivity index (χ2n) is 5.65. The first-order valence-corrected chi connectivity index (χ1v) is 9.10. The van der Waals surface area contributed by atoms with Crippen molar-refractivity contribution in [1.82, 2.24) is 0 Å². The summed E-state index contributed by atoms with van der Waals surface area (Å²) in [6, 6.07) is 8.08. The Balaban J connectivity index is 2.18. The molecule has 0 bridgehead atoms. The van der Waals surface area contributed by atoms with E-state index in [9.17, 15) is 18.0 Å². The van der Waals surface area contributed by atoms with Crippen molar-refractivity contribution in [3.63, 3.8) is 0 Å². The number of sulfone groups is 1. The maximum Gasteiger partial charge on any atom is 0.331 e. The number of esters is 1. The topological polar surface area (TPSA) is 80.8 Å². The molecule has 0 radical (unpaired) electrons. The molecule has 1 aliphatic heterocycles. The summed E-state index contributed by atoms with van der Waals surface area (Å²) in [5, 5.41) is 1.11. The zero-order chi connectivity index (χ0) is 17.7. The number of hydrogen-bond acceptors (Lipinski definition) is 5. The molecule has 0 fully saturated rings. The second kappa shape index (κ2) is 7.44. The highest BCUT2D eigenvalue weighted by Gasteiger charge is 2.31. The van der Waals surface area contributed by atoms with Crippen molar-refractivity contribution in [1.29, 1.82) is 0 Å². The third kappa shape index (κ3) is 4.79. The van der Waals surface area contributed by atoms with Crippen LogP contribution in [0.2, 0.25) is 0 Å². The van der Waals surface area contributed by atoms with Gasteiger partial charge in [-0.05, 0) is 32.1 Å². The molecular weight excluding hydrogens is 330 g/mol. The summed E-state index contributed by atoms with van der Waals surface area (Å²) in [7, 11) is -3.32. The van der Waals surface area contributed by atoms with Crippen LogP contribution in [0.15, 0.2) is 53.5 Å². The van der Waals surface area contributed by atoms with Gasteiger partial charge in [-0.25, -0.2) is 13.2 Å². The fourth-order valence-corrected chi connectivity index (χ4v) is 3.58. The van der Waals surface area contributed by atoms with Gasteiger partial charge in [0.2, 0.25) is 0 Å². The zero-order valence-corrected chi connectivity index (χ0v) is 14.3. The van der Waals surface area contributed by atoms with E-state index in [4.69, 9.17) is 4.74 Å². The van der Waals surface area contributed by atoms with Crippen molar-refractivity contribution >= 4 is 27.4 Å². The molecule has 0 aromatic heterocycles. The van der Waals surface area contributed by atoms with E-state index in [1.165, 1.54) is 17.1 Å². The molecule has 1 aliphatic rings. The highest BCUT2D eigenvalue weighted by Crippen LogP contribution is 2.22. The van der Waals surface area contributed by atoms with Crippen molar-refractivity contribution in [3.8, 4) is 0 Å². The number of nitrogens with zero attached hydrogens (tertiary/aromatic N) is 1. The van der Waals surface area contributed by atoms with Gasteiger partial charge in [-0.15, -0.1) is 0 Å². The first-order chi connectivity index (χ1) is 11.3. The standard InChI is InChI=1S/C17H19NO5S/c1-13(2)10-17(20)23-11-16(19)18(14-6-4-3-5-7-14)15-8-9-24(21,22)12-15/h3-10,15H,11-12H2,1-2H3. The molecule has 0 N–H and O–H groups in total. The minimum Gasteiger partial charge on any atom is -0.452 e. The molecule has 0 spiro atoms. The lowest BCUT2D eigenvalue weighted by atomic mass is 10.2. The number of carbonyl (C=O) groups excluding carboxylic acids is 2. The molecule has 1 heterocycles. The van der Waals surface area contributed by atoms with Crippen LogP contribution in [0.3, 0.4) is 0 Å². The van der Waals surface area contributed by atoms with Crippen LogP contribution in [-0.4, -0.2) is 38.7 Å². The number of hydrogen-bond donors (Lipinski definition) is 0. The van der Waals surface area contributed by atoms with Gasteiger partial charge in [0.05, 0.1) is 11.8 Å². The molecule has 128 valence electrons. The van der Waals surface area contributed by atoms with Crippen molar-refractivity contribution < 1.29 is 22.7 Å². The Bertz CT molecular complexity index is 776. The van der Waals surface area contributed by atoms with Gasteiger partial charge in [-0.2, -0.15) is 0 Å². The minimum atomic E-state index is -3.32. The van der Waals surface area contributed by atoms with Crippen LogP contribution in [0.4, 0.5) is 5.69 Å². The van der Waals surface area contributed by atoms with Gasteiger partial charge in [0.15, 0.2) is 16.4 Å². The predicted octanol–water partition coefficient (Wildman–Crippen LogP) is 1.84. The molecule has 1 unspecified atom stereocenters. The van der Waals surface area contributed by atoms with E-state index >= 15 is 0 Å². The SMILES string of the molecule is CC(C)=CC(=O)OCC(=O)N(c1ccccc1)C1C=CS(=O)(=O)C1. The summed E-state index contributed by atoms with van der Waals surface area (Å²) in [6.45, 7) is 3.03. The lowest BCUT2D eigenvalue weighted by Crippen LogP contribution is -2.43. The number of amides is 1. The monoisotopic (exact) mass is 349 g/mol.